The summed E-state index contributed by atoms with van der Waals surface area (Å²) >= 11 is -2.61. The molecule has 1 aliphatic rings. The number of rotatable bonds is 5. The molecule has 4 nitrogen and oxygen atoms in total. The van der Waals surface area contributed by atoms with Crippen LogP contribution in [-0.2, 0) is 14.8 Å². The fourth-order valence-corrected chi connectivity index (χ4v) is 11.7. The molecule has 2 rings (SSSR count). The quantitative estimate of drug-likeness (QED) is 0.648. The fourth-order valence-electron chi connectivity index (χ4n) is 2.81. The molecule has 0 saturated heterocycles. The number of aryl methyl sites for hydroxylation is 1. The predicted octanol–water partition coefficient (Wildman–Crippen LogP) is 3.90. The predicted molar refractivity (Wildman–Crippen MR) is 96.3 cm³/mol. The van der Waals surface area contributed by atoms with Gasteiger partial charge in [-0.15, -0.1) is 0 Å². The molecule has 0 radical (unpaired) electrons. The van der Waals surface area contributed by atoms with Crippen LogP contribution in [0.2, 0.25) is 14.8 Å². The van der Waals surface area contributed by atoms with Crippen LogP contribution in [-0.4, -0.2) is 43.9 Å². The number of allylic oxidation sites excluding steroid dienone is 1. The van der Waals surface area contributed by atoms with Gasteiger partial charge in [0.25, 0.3) is 0 Å². The van der Waals surface area contributed by atoms with Crippen LogP contribution >= 0.6 is 0 Å². The number of sulfonamides is 1. The Balaban J connectivity index is 2.53. The van der Waals surface area contributed by atoms with E-state index < -0.39 is 28.4 Å². The summed E-state index contributed by atoms with van der Waals surface area (Å²) in [4.78, 5) is 7.07. The van der Waals surface area contributed by atoms with Crippen LogP contribution in [0.5, 0.6) is 0 Å². The van der Waals surface area contributed by atoms with Crippen molar-refractivity contribution in [2.24, 2.45) is 0 Å². The van der Waals surface area contributed by atoms with Gasteiger partial charge in [0, 0.05) is 0 Å². The molecule has 1 unspecified atom stereocenters. The maximum absolute atomic E-state index is 13.3. The van der Waals surface area contributed by atoms with E-state index in [0.29, 0.717) is 17.9 Å². The molecule has 6 heteroatoms. The first-order valence-electron chi connectivity index (χ1n) is 8.11. The maximum atomic E-state index is 13.3. The Kier molecular flexibility index (Phi) is 5.84. The van der Waals surface area contributed by atoms with E-state index in [2.05, 4.69) is 20.9 Å². The van der Waals surface area contributed by atoms with E-state index in [9.17, 15) is 8.42 Å². The van der Waals surface area contributed by atoms with Crippen molar-refractivity contribution in [3.05, 3.63) is 39.6 Å². The van der Waals surface area contributed by atoms with Crippen molar-refractivity contribution < 1.29 is 13.2 Å². The van der Waals surface area contributed by atoms with E-state index in [1.807, 2.05) is 26.0 Å². The van der Waals surface area contributed by atoms with Gasteiger partial charge in [0.05, 0.1) is 0 Å². The molecular formula is C17H27NO3SSn. The Morgan fingerprint density at radius 3 is 2.35 bits per heavy atom. The molecule has 1 aromatic rings. The Bertz CT molecular complexity index is 675. The minimum absolute atomic E-state index is 0.344. The van der Waals surface area contributed by atoms with E-state index in [0.717, 1.165) is 15.7 Å². The average molecular weight is 444 g/mol. The summed E-state index contributed by atoms with van der Waals surface area (Å²) in [5, 5.41) is 0. The summed E-state index contributed by atoms with van der Waals surface area (Å²) in [7, 11) is -3.59. The van der Waals surface area contributed by atoms with Crippen LogP contribution in [0.4, 0.5) is 0 Å². The Morgan fingerprint density at radius 1 is 1.22 bits per heavy atom. The zero-order chi connectivity index (χ0) is 17.3. The zero-order valence-corrected chi connectivity index (χ0v) is 18.3. The zero-order valence-electron chi connectivity index (χ0n) is 14.7. The van der Waals surface area contributed by atoms with Gasteiger partial charge in [-0.3, -0.25) is 0 Å². The van der Waals surface area contributed by atoms with Gasteiger partial charge in [-0.1, -0.05) is 0 Å². The first kappa shape index (κ1) is 18.8. The molecule has 0 amide bonds. The molecule has 0 N–H and O–H groups in total. The fraction of sp³-hybridized carbons (Fsp3) is 0.529. The SMILES string of the molecule is CCOC1CCC=[C]([Sn]([CH3])([CH3])[CH3])N1S(=O)(=O)c1ccc(C)cc1. The van der Waals surface area contributed by atoms with Gasteiger partial charge >= 0.3 is 145 Å². The van der Waals surface area contributed by atoms with Crippen molar-refractivity contribution in [2.75, 3.05) is 6.61 Å². The van der Waals surface area contributed by atoms with Gasteiger partial charge in [-0.25, -0.2) is 0 Å². The number of hydrogen-bond acceptors (Lipinski definition) is 3. The van der Waals surface area contributed by atoms with Gasteiger partial charge in [0.1, 0.15) is 0 Å². The van der Waals surface area contributed by atoms with Crippen LogP contribution in [0.3, 0.4) is 0 Å². The second kappa shape index (κ2) is 7.15. The second-order valence-corrected chi connectivity index (χ2v) is 23.1. The van der Waals surface area contributed by atoms with E-state index >= 15 is 0 Å². The molecule has 0 aromatic heterocycles. The van der Waals surface area contributed by atoms with Crippen LogP contribution in [0.15, 0.2) is 38.9 Å². The number of ether oxygens (including phenoxy) is 1. The molecule has 0 bridgehead atoms. The van der Waals surface area contributed by atoms with Crippen molar-refractivity contribution >= 4 is 28.4 Å². The van der Waals surface area contributed by atoms with E-state index in [4.69, 9.17) is 4.74 Å². The molecule has 1 aromatic carbocycles. The first-order chi connectivity index (χ1) is 10.7. The summed E-state index contributed by atoms with van der Waals surface area (Å²) < 4.78 is 35.0. The Morgan fingerprint density at radius 2 is 1.83 bits per heavy atom. The molecule has 0 fully saturated rings. The summed E-state index contributed by atoms with van der Waals surface area (Å²) in [5.41, 5.74) is 1.05. The van der Waals surface area contributed by atoms with Crippen LogP contribution < -0.4 is 0 Å². The van der Waals surface area contributed by atoms with Crippen LogP contribution in [0, 0.1) is 6.92 Å². The van der Waals surface area contributed by atoms with Crippen molar-refractivity contribution in [3.63, 3.8) is 0 Å². The molecule has 1 atom stereocenters. The third kappa shape index (κ3) is 4.12. The van der Waals surface area contributed by atoms with Crippen molar-refractivity contribution in [1.29, 1.82) is 0 Å². The molecule has 0 saturated carbocycles. The van der Waals surface area contributed by atoms with Crippen LogP contribution in [0.1, 0.15) is 25.3 Å². The first-order valence-corrected chi connectivity index (χ1v) is 19.5. The van der Waals surface area contributed by atoms with Crippen LogP contribution in [0.25, 0.3) is 0 Å². The molecule has 0 aliphatic carbocycles. The summed E-state index contributed by atoms with van der Waals surface area (Å²) in [5.74, 6) is 0. The average Bonchev–Trinajstić information content (AvgIpc) is 2.47. The third-order valence-electron chi connectivity index (χ3n) is 3.96. The normalized spacial score (nSPS) is 19.6. The van der Waals surface area contributed by atoms with E-state index in [1.165, 1.54) is 0 Å². The Labute approximate surface area is 144 Å². The van der Waals surface area contributed by atoms with Crippen molar-refractivity contribution in [3.8, 4) is 0 Å². The minimum atomic E-state index is -3.59. The van der Waals surface area contributed by atoms with Gasteiger partial charge < -0.3 is 0 Å². The third-order valence-corrected chi connectivity index (χ3v) is 11.9. The van der Waals surface area contributed by atoms with Crippen molar-refractivity contribution in [1.82, 2.24) is 4.31 Å². The van der Waals surface area contributed by atoms with E-state index in [-0.39, 0.29) is 6.23 Å². The van der Waals surface area contributed by atoms with Gasteiger partial charge in [0.15, 0.2) is 0 Å². The molecule has 128 valence electrons. The number of nitrogens with zero attached hydrogens (tertiary/aromatic N) is 1. The van der Waals surface area contributed by atoms with E-state index in [1.54, 1.807) is 16.4 Å². The van der Waals surface area contributed by atoms with Gasteiger partial charge in [-0.2, -0.15) is 0 Å². The second-order valence-electron chi connectivity index (χ2n) is 6.94. The molecule has 1 aliphatic heterocycles. The number of hydrogen-bond donors (Lipinski definition) is 0. The summed E-state index contributed by atoms with van der Waals surface area (Å²) in [6, 6.07) is 7.07. The van der Waals surface area contributed by atoms with Crippen molar-refractivity contribution in [2.45, 2.75) is 52.6 Å². The van der Waals surface area contributed by atoms with Gasteiger partial charge in [-0.05, 0) is 0 Å². The molecule has 1 heterocycles. The topological polar surface area (TPSA) is 46.6 Å². The molecule has 23 heavy (non-hydrogen) atoms. The molecular weight excluding hydrogens is 417 g/mol. The monoisotopic (exact) mass is 445 g/mol. The standard InChI is InChI=1S/C14H18NO3S.3CH3.Sn/c1-3-18-14-6-4-5-11-15(14)19(16,17)13-9-7-12(2)8-10-13;;;;/h5,7-10,14H,3-4,6H2,1-2H3;3*1H3;. The molecule has 0 spiro atoms. The summed E-state index contributed by atoms with van der Waals surface area (Å²) in [6.45, 7) is 4.38. The van der Waals surface area contributed by atoms with Gasteiger partial charge in [0.2, 0.25) is 0 Å². The number of benzene rings is 1. The Hall–Kier alpha value is -0.531. The summed E-state index contributed by atoms with van der Waals surface area (Å²) in [6.07, 6.45) is 3.33.